The van der Waals surface area contributed by atoms with E-state index >= 15 is 0 Å². The fourth-order valence-electron chi connectivity index (χ4n) is 3.23. The number of halogens is 1. The number of rotatable bonds is 7. The van der Waals surface area contributed by atoms with Gasteiger partial charge in [-0.3, -0.25) is 9.59 Å². The lowest BCUT2D eigenvalue weighted by Gasteiger charge is -2.28. The third kappa shape index (κ3) is 4.47. The molecule has 0 aliphatic heterocycles. The predicted octanol–water partition coefficient (Wildman–Crippen LogP) is 2.82. The summed E-state index contributed by atoms with van der Waals surface area (Å²) in [5.74, 6) is -0.238. The zero-order valence-electron chi connectivity index (χ0n) is 12.7. The van der Waals surface area contributed by atoms with E-state index in [9.17, 15) is 9.59 Å². The van der Waals surface area contributed by atoms with Gasteiger partial charge in [0.2, 0.25) is 11.8 Å². The van der Waals surface area contributed by atoms with Gasteiger partial charge in [-0.05, 0) is 43.4 Å². The van der Waals surface area contributed by atoms with E-state index in [-0.39, 0.29) is 17.2 Å². The molecule has 0 unspecified atom stereocenters. The lowest BCUT2D eigenvalue weighted by Crippen LogP contribution is -2.41. The predicted molar refractivity (Wildman–Crippen MR) is 87.5 cm³/mol. The molecule has 3 N–H and O–H groups in total. The van der Waals surface area contributed by atoms with Crippen molar-refractivity contribution in [2.75, 3.05) is 6.54 Å². The average Bonchev–Trinajstić information content (AvgIpc) is 2.93. The van der Waals surface area contributed by atoms with Gasteiger partial charge in [-0.2, -0.15) is 0 Å². The zero-order valence-corrected chi connectivity index (χ0v) is 13.5. The van der Waals surface area contributed by atoms with Crippen LogP contribution in [0.15, 0.2) is 24.3 Å². The van der Waals surface area contributed by atoms with Crippen LogP contribution in [0.3, 0.4) is 0 Å². The fourth-order valence-corrected chi connectivity index (χ4v) is 3.44. The second-order valence-corrected chi connectivity index (χ2v) is 6.56. The Hall–Kier alpha value is -1.55. The van der Waals surface area contributed by atoms with Gasteiger partial charge in [0.05, 0.1) is 5.41 Å². The van der Waals surface area contributed by atoms with Crippen molar-refractivity contribution in [3.05, 3.63) is 34.9 Å². The van der Waals surface area contributed by atoms with E-state index in [4.69, 9.17) is 17.3 Å². The van der Waals surface area contributed by atoms with Crippen molar-refractivity contribution in [2.24, 2.45) is 11.1 Å². The molecule has 1 fully saturated rings. The Morgan fingerprint density at radius 2 is 2.00 bits per heavy atom. The third-order valence-electron chi connectivity index (χ3n) is 4.36. The van der Waals surface area contributed by atoms with Crippen LogP contribution in [0.1, 0.15) is 44.1 Å². The summed E-state index contributed by atoms with van der Waals surface area (Å²) >= 11 is 6.04. The van der Waals surface area contributed by atoms with Gasteiger partial charge in [-0.25, -0.2) is 0 Å². The summed E-state index contributed by atoms with van der Waals surface area (Å²) in [5, 5.41) is 3.68. The maximum absolute atomic E-state index is 12.6. The average molecular weight is 323 g/mol. The van der Waals surface area contributed by atoms with Crippen LogP contribution in [0.2, 0.25) is 5.02 Å². The van der Waals surface area contributed by atoms with Gasteiger partial charge >= 0.3 is 0 Å². The second kappa shape index (κ2) is 7.63. The van der Waals surface area contributed by atoms with Crippen LogP contribution < -0.4 is 11.1 Å². The molecular formula is C17H23ClN2O2. The maximum atomic E-state index is 12.6. The number of hydrogen-bond donors (Lipinski definition) is 2. The summed E-state index contributed by atoms with van der Waals surface area (Å²) < 4.78 is 0. The molecular weight excluding hydrogens is 300 g/mol. The van der Waals surface area contributed by atoms with Gasteiger partial charge < -0.3 is 11.1 Å². The highest BCUT2D eigenvalue weighted by Gasteiger charge is 2.40. The zero-order chi connectivity index (χ0) is 16.0. The van der Waals surface area contributed by atoms with E-state index in [0.717, 1.165) is 37.7 Å². The number of carbonyl (C=O) groups is 2. The summed E-state index contributed by atoms with van der Waals surface area (Å²) in [7, 11) is 0. The van der Waals surface area contributed by atoms with Gasteiger partial charge in [0.1, 0.15) is 0 Å². The van der Waals surface area contributed by atoms with Gasteiger partial charge in [-0.15, -0.1) is 0 Å². The number of benzene rings is 1. The molecule has 0 saturated heterocycles. The van der Waals surface area contributed by atoms with Crippen molar-refractivity contribution >= 4 is 23.4 Å². The number of amides is 2. The minimum absolute atomic E-state index is 0.0921. The topological polar surface area (TPSA) is 72.2 Å². The van der Waals surface area contributed by atoms with Crippen molar-refractivity contribution in [1.29, 1.82) is 0 Å². The Morgan fingerprint density at radius 1 is 1.27 bits per heavy atom. The molecule has 0 atom stereocenters. The Bertz CT molecular complexity index is 539. The lowest BCUT2D eigenvalue weighted by molar-refractivity contribution is -0.131. The van der Waals surface area contributed by atoms with Crippen LogP contribution in [0, 0.1) is 5.41 Å². The highest BCUT2D eigenvalue weighted by molar-refractivity contribution is 6.30. The number of nitrogens with one attached hydrogen (secondary N) is 1. The Kier molecular flexibility index (Phi) is 5.83. The highest BCUT2D eigenvalue weighted by atomic mass is 35.5. The molecule has 2 amide bonds. The summed E-state index contributed by atoms with van der Waals surface area (Å²) in [4.78, 5) is 23.4. The Balaban J connectivity index is 1.98. The smallest absolute Gasteiger partial charge is 0.226 e. The first-order valence-corrected chi connectivity index (χ1v) is 8.21. The molecule has 0 aromatic heterocycles. The molecule has 22 heavy (non-hydrogen) atoms. The number of hydrogen-bond acceptors (Lipinski definition) is 2. The van der Waals surface area contributed by atoms with Crippen LogP contribution in [-0.2, 0) is 16.0 Å². The van der Waals surface area contributed by atoms with Crippen LogP contribution in [0.4, 0.5) is 0 Å². The molecule has 1 aromatic rings. The Morgan fingerprint density at radius 3 is 2.64 bits per heavy atom. The van der Waals surface area contributed by atoms with Crippen molar-refractivity contribution in [1.82, 2.24) is 5.32 Å². The van der Waals surface area contributed by atoms with E-state index in [1.807, 2.05) is 24.3 Å². The maximum Gasteiger partial charge on any atom is 0.226 e. The van der Waals surface area contributed by atoms with Crippen molar-refractivity contribution < 1.29 is 9.59 Å². The van der Waals surface area contributed by atoms with E-state index in [1.54, 1.807) is 0 Å². The molecule has 120 valence electrons. The molecule has 0 radical (unpaired) electrons. The lowest BCUT2D eigenvalue weighted by atomic mass is 9.79. The molecule has 0 heterocycles. The summed E-state index contributed by atoms with van der Waals surface area (Å²) in [6.45, 7) is 0.499. The monoisotopic (exact) mass is 322 g/mol. The summed E-state index contributed by atoms with van der Waals surface area (Å²) in [6, 6.07) is 7.72. The summed E-state index contributed by atoms with van der Waals surface area (Å²) in [6.07, 6.45) is 5.58. The second-order valence-electron chi connectivity index (χ2n) is 6.12. The van der Waals surface area contributed by atoms with Crippen molar-refractivity contribution in [3.63, 3.8) is 0 Å². The van der Waals surface area contributed by atoms with Gasteiger partial charge in [0.15, 0.2) is 0 Å². The first-order chi connectivity index (χ1) is 10.5. The minimum Gasteiger partial charge on any atom is -0.370 e. The highest BCUT2D eigenvalue weighted by Crippen LogP contribution is 2.41. The molecule has 1 aliphatic rings. The van der Waals surface area contributed by atoms with Crippen LogP contribution in [0.5, 0.6) is 0 Å². The van der Waals surface area contributed by atoms with Crippen LogP contribution in [0.25, 0.3) is 0 Å². The van der Waals surface area contributed by atoms with Crippen LogP contribution in [-0.4, -0.2) is 18.4 Å². The van der Waals surface area contributed by atoms with E-state index in [2.05, 4.69) is 5.32 Å². The molecule has 1 aliphatic carbocycles. The minimum atomic E-state index is -0.336. The van der Waals surface area contributed by atoms with Gasteiger partial charge in [0, 0.05) is 18.0 Å². The standard InChI is InChI=1S/C17H23ClN2O2/c18-14-6-3-5-13(11-14)12-17(8-1-2-9-17)16(22)20-10-4-7-15(19)21/h3,5-6,11H,1-2,4,7-10,12H2,(H2,19,21)(H,20,22). The molecule has 1 aromatic carbocycles. The largest absolute Gasteiger partial charge is 0.370 e. The SMILES string of the molecule is NC(=O)CCCNC(=O)C1(Cc2cccc(Cl)c2)CCCC1. The van der Waals surface area contributed by atoms with Crippen LogP contribution >= 0.6 is 11.6 Å². The summed E-state index contributed by atoms with van der Waals surface area (Å²) in [5.41, 5.74) is 5.87. The van der Waals surface area contributed by atoms with E-state index in [0.29, 0.717) is 24.4 Å². The molecule has 0 bridgehead atoms. The quantitative estimate of drug-likeness (QED) is 0.758. The van der Waals surface area contributed by atoms with Crippen molar-refractivity contribution in [3.8, 4) is 0 Å². The molecule has 0 spiro atoms. The number of primary amides is 1. The fraction of sp³-hybridized carbons (Fsp3) is 0.529. The van der Waals surface area contributed by atoms with E-state index in [1.165, 1.54) is 0 Å². The molecule has 2 rings (SSSR count). The molecule has 1 saturated carbocycles. The normalized spacial score (nSPS) is 16.4. The molecule has 4 nitrogen and oxygen atoms in total. The van der Waals surface area contributed by atoms with Crippen molar-refractivity contribution in [2.45, 2.75) is 44.9 Å². The number of carbonyl (C=O) groups excluding carboxylic acids is 2. The van der Waals surface area contributed by atoms with E-state index < -0.39 is 0 Å². The number of nitrogens with two attached hydrogens (primary N) is 1. The third-order valence-corrected chi connectivity index (χ3v) is 4.59. The first kappa shape index (κ1) is 16.8. The first-order valence-electron chi connectivity index (χ1n) is 7.83. The Labute approximate surface area is 136 Å². The van der Waals surface area contributed by atoms with Gasteiger partial charge in [0.25, 0.3) is 0 Å². The van der Waals surface area contributed by atoms with Gasteiger partial charge in [-0.1, -0.05) is 36.6 Å². The molecule has 5 heteroatoms.